The molecule has 4 heteroatoms. The van der Waals surface area contributed by atoms with Crippen LogP contribution < -0.4 is 9.30 Å². The van der Waals surface area contributed by atoms with Gasteiger partial charge in [-0.1, -0.05) is 30.3 Å². The first kappa shape index (κ1) is 16.5. The SMILES string of the molecule is CCn1c(C)[n+](C[C@H](O)COc2ccccc2C)c2ccccc21. The molecule has 0 aliphatic rings. The Hall–Kier alpha value is -2.33. The second kappa shape index (κ2) is 7.05. The molecule has 4 nitrogen and oxygen atoms in total. The van der Waals surface area contributed by atoms with E-state index in [9.17, 15) is 5.11 Å². The molecule has 2 aromatic carbocycles. The van der Waals surface area contributed by atoms with Gasteiger partial charge in [0.1, 0.15) is 25.0 Å². The highest BCUT2D eigenvalue weighted by Crippen LogP contribution is 2.17. The normalized spacial score (nSPS) is 12.5. The number of aliphatic hydroxyl groups excluding tert-OH is 1. The second-order valence-corrected chi connectivity index (χ2v) is 6.12. The molecule has 0 aliphatic carbocycles. The molecule has 0 amide bonds. The molecule has 1 atom stereocenters. The third kappa shape index (κ3) is 3.15. The van der Waals surface area contributed by atoms with Crippen molar-refractivity contribution in [3.8, 4) is 5.75 Å². The van der Waals surface area contributed by atoms with Crippen molar-refractivity contribution in [3.05, 3.63) is 59.9 Å². The van der Waals surface area contributed by atoms with Crippen molar-refractivity contribution < 1.29 is 14.4 Å². The highest BCUT2D eigenvalue weighted by Gasteiger charge is 2.22. The van der Waals surface area contributed by atoms with Crippen LogP contribution in [0.5, 0.6) is 5.75 Å². The highest BCUT2D eigenvalue weighted by atomic mass is 16.5. The molecule has 3 aromatic rings. The van der Waals surface area contributed by atoms with Gasteiger partial charge >= 0.3 is 0 Å². The Morgan fingerprint density at radius 3 is 2.54 bits per heavy atom. The zero-order chi connectivity index (χ0) is 17.1. The molecule has 1 N–H and O–H groups in total. The number of aliphatic hydroxyl groups is 1. The van der Waals surface area contributed by atoms with Gasteiger partial charge in [-0.05, 0) is 37.6 Å². The molecule has 0 aliphatic heterocycles. The molecule has 0 saturated carbocycles. The maximum atomic E-state index is 10.5. The van der Waals surface area contributed by atoms with Gasteiger partial charge in [-0.2, -0.15) is 0 Å². The van der Waals surface area contributed by atoms with Gasteiger partial charge in [0.15, 0.2) is 11.0 Å². The molecule has 0 saturated heterocycles. The van der Waals surface area contributed by atoms with Crippen molar-refractivity contribution in [1.29, 1.82) is 0 Å². The van der Waals surface area contributed by atoms with Crippen LogP contribution in [0.3, 0.4) is 0 Å². The molecule has 1 aromatic heterocycles. The van der Waals surface area contributed by atoms with Crippen LogP contribution >= 0.6 is 0 Å². The Balaban J connectivity index is 1.77. The zero-order valence-electron chi connectivity index (χ0n) is 14.6. The highest BCUT2D eigenvalue weighted by molar-refractivity contribution is 5.72. The largest absolute Gasteiger partial charge is 0.490 e. The van der Waals surface area contributed by atoms with E-state index in [1.165, 1.54) is 5.52 Å². The molecule has 0 unspecified atom stereocenters. The predicted octanol–water partition coefficient (Wildman–Crippen LogP) is 3.01. The van der Waals surface area contributed by atoms with Gasteiger partial charge in [-0.3, -0.25) is 0 Å². The maximum absolute atomic E-state index is 10.5. The summed E-state index contributed by atoms with van der Waals surface area (Å²) in [5, 5.41) is 10.5. The van der Waals surface area contributed by atoms with E-state index >= 15 is 0 Å². The number of benzene rings is 2. The molecule has 0 fully saturated rings. The average Bonchev–Trinajstić information content (AvgIpc) is 2.86. The van der Waals surface area contributed by atoms with Crippen molar-refractivity contribution in [2.75, 3.05) is 6.61 Å². The lowest BCUT2D eigenvalue weighted by Crippen LogP contribution is -2.44. The molecule has 24 heavy (non-hydrogen) atoms. The molecule has 1 heterocycles. The van der Waals surface area contributed by atoms with E-state index in [0.29, 0.717) is 6.54 Å². The average molecular weight is 325 g/mol. The topological polar surface area (TPSA) is 38.3 Å². The van der Waals surface area contributed by atoms with Gasteiger partial charge in [0.05, 0.1) is 6.54 Å². The summed E-state index contributed by atoms with van der Waals surface area (Å²) in [5.74, 6) is 1.97. The Morgan fingerprint density at radius 2 is 1.79 bits per heavy atom. The molecule has 0 bridgehead atoms. The third-order valence-electron chi connectivity index (χ3n) is 4.48. The second-order valence-electron chi connectivity index (χ2n) is 6.12. The number of hydrogen-bond donors (Lipinski definition) is 1. The van der Waals surface area contributed by atoms with Gasteiger partial charge in [-0.25, -0.2) is 9.13 Å². The number of fused-ring (bicyclic) bond motifs is 1. The van der Waals surface area contributed by atoms with Crippen LogP contribution in [0.1, 0.15) is 18.3 Å². The quantitative estimate of drug-likeness (QED) is 0.708. The smallest absolute Gasteiger partial charge is 0.254 e. The van der Waals surface area contributed by atoms with E-state index < -0.39 is 6.10 Å². The number of aryl methyl sites for hydroxylation is 2. The summed E-state index contributed by atoms with van der Waals surface area (Å²) in [6.07, 6.45) is -0.565. The van der Waals surface area contributed by atoms with E-state index in [-0.39, 0.29) is 6.61 Å². The number of rotatable bonds is 6. The fourth-order valence-corrected chi connectivity index (χ4v) is 3.21. The monoisotopic (exact) mass is 325 g/mol. The van der Waals surface area contributed by atoms with E-state index in [1.807, 2.05) is 37.3 Å². The van der Waals surface area contributed by atoms with Crippen LogP contribution in [-0.2, 0) is 13.1 Å². The summed E-state index contributed by atoms with van der Waals surface area (Å²) < 4.78 is 10.2. The molecular weight excluding hydrogens is 300 g/mol. The summed E-state index contributed by atoms with van der Waals surface area (Å²) in [6.45, 7) is 7.96. The minimum atomic E-state index is -0.565. The lowest BCUT2D eigenvalue weighted by Gasteiger charge is -2.13. The number of imidazole rings is 1. The van der Waals surface area contributed by atoms with E-state index in [1.54, 1.807) is 0 Å². The van der Waals surface area contributed by atoms with Crippen LogP contribution in [0, 0.1) is 13.8 Å². The van der Waals surface area contributed by atoms with Crippen LogP contribution in [0.2, 0.25) is 0 Å². The summed E-state index contributed by atoms with van der Waals surface area (Å²) in [4.78, 5) is 0. The minimum Gasteiger partial charge on any atom is -0.490 e. The third-order valence-corrected chi connectivity index (χ3v) is 4.48. The Morgan fingerprint density at radius 1 is 1.08 bits per heavy atom. The summed E-state index contributed by atoms with van der Waals surface area (Å²) in [6, 6.07) is 16.2. The van der Waals surface area contributed by atoms with E-state index in [4.69, 9.17) is 4.74 Å². The van der Waals surface area contributed by atoms with Crippen molar-refractivity contribution in [3.63, 3.8) is 0 Å². The zero-order valence-corrected chi connectivity index (χ0v) is 14.6. The summed E-state index contributed by atoms with van der Waals surface area (Å²) in [5.41, 5.74) is 3.42. The molecule has 126 valence electrons. The molecule has 0 radical (unpaired) electrons. The Labute approximate surface area is 142 Å². The van der Waals surface area contributed by atoms with Gasteiger partial charge < -0.3 is 9.84 Å². The number of nitrogens with zero attached hydrogens (tertiary/aromatic N) is 2. The first-order chi connectivity index (χ1) is 11.6. The van der Waals surface area contributed by atoms with Crippen molar-refractivity contribution >= 4 is 11.0 Å². The Kier molecular flexibility index (Phi) is 4.86. The van der Waals surface area contributed by atoms with Crippen LogP contribution in [0.25, 0.3) is 11.0 Å². The summed E-state index contributed by atoms with van der Waals surface area (Å²) >= 11 is 0. The first-order valence-corrected chi connectivity index (χ1v) is 8.46. The number of ether oxygens (including phenoxy) is 1. The number of para-hydroxylation sites is 3. The van der Waals surface area contributed by atoms with Crippen molar-refractivity contribution in [2.45, 2.75) is 40.0 Å². The van der Waals surface area contributed by atoms with Crippen molar-refractivity contribution in [1.82, 2.24) is 4.57 Å². The fraction of sp³-hybridized carbons (Fsp3) is 0.350. The predicted molar refractivity (Wildman–Crippen MR) is 95.2 cm³/mol. The van der Waals surface area contributed by atoms with Crippen LogP contribution in [-0.4, -0.2) is 22.4 Å². The van der Waals surface area contributed by atoms with Crippen LogP contribution in [0.15, 0.2) is 48.5 Å². The van der Waals surface area contributed by atoms with E-state index in [2.05, 4.69) is 41.2 Å². The first-order valence-electron chi connectivity index (χ1n) is 8.46. The maximum Gasteiger partial charge on any atom is 0.254 e. The van der Waals surface area contributed by atoms with Crippen molar-refractivity contribution in [2.24, 2.45) is 0 Å². The lowest BCUT2D eigenvalue weighted by molar-refractivity contribution is -0.685. The summed E-state index contributed by atoms with van der Waals surface area (Å²) in [7, 11) is 0. The standard InChI is InChI=1S/C20H25N2O2/c1-4-21-16(3)22(19-11-7-6-10-18(19)21)13-17(23)14-24-20-12-8-5-9-15(20)2/h5-12,17,23H,4,13-14H2,1-3H3/q+1/t17-/m0/s1. The van der Waals surface area contributed by atoms with Gasteiger partial charge in [0, 0.05) is 6.92 Å². The van der Waals surface area contributed by atoms with Gasteiger partial charge in [-0.15, -0.1) is 0 Å². The minimum absolute atomic E-state index is 0.281. The van der Waals surface area contributed by atoms with Gasteiger partial charge in [0.25, 0.3) is 5.82 Å². The fourth-order valence-electron chi connectivity index (χ4n) is 3.21. The Bertz CT molecular complexity index is 839. The lowest BCUT2D eigenvalue weighted by atomic mass is 10.2. The molecule has 0 spiro atoms. The molecular formula is C20H25N2O2+. The van der Waals surface area contributed by atoms with E-state index in [0.717, 1.165) is 29.2 Å². The number of hydrogen-bond acceptors (Lipinski definition) is 2. The van der Waals surface area contributed by atoms with Crippen LogP contribution in [0.4, 0.5) is 0 Å². The number of aromatic nitrogens is 2. The van der Waals surface area contributed by atoms with Gasteiger partial charge in [0.2, 0.25) is 0 Å². The molecule has 3 rings (SSSR count).